The average molecular weight is 266 g/mol. The SMILES string of the molecule is Fc1ccc(-c2c(F)cccc2-c2ccccc2)cc1. The molecule has 3 rings (SSSR count). The predicted octanol–water partition coefficient (Wildman–Crippen LogP) is 5.30. The van der Waals surface area contributed by atoms with Crippen LogP contribution in [0.4, 0.5) is 8.78 Å². The lowest BCUT2D eigenvalue weighted by molar-refractivity contribution is 0.626. The molecule has 0 bridgehead atoms. The second kappa shape index (κ2) is 5.25. The zero-order valence-corrected chi connectivity index (χ0v) is 10.7. The fourth-order valence-electron chi connectivity index (χ4n) is 2.29. The van der Waals surface area contributed by atoms with Gasteiger partial charge < -0.3 is 0 Å². The van der Waals surface area contributed by atoms with Gasteiger partial charge in [0.2, 0.25) is 0 Å². The van der Waals surface area contributed by atoms with Gasteiger partial charge in [-0.2, -0.15) is 0 Å². The Morgan fingerprint density at radius 3 is 1.95 bits per heavy atom. The molecule has 0 radical (unpaired) electrons. The lowest BCUT2D eigenvalue weighted by Crippen LogP contribution is -1.90. The first-order valence-corrected chi connectivity index (χ1v) is 6.35. The zero-order valence-electron chi connectivity index (χ0n) is 10.7. The van der Waals surface area contributed by atoms with Gasteiger partial charge in [0.05, 0.1) is 0 Å². The Morgan fingerprint density at radius 2 is 1.25 bits per heavy atom. The van der Waals surface area contributed by atoms with Gasteiger partial charge in [0.1, 0.15) is 11.6 Å². The standard InChI is InChI=1S/C18H12F2/c19-15-11-9-14(10-12-15)18-16(7-4-8-17(18)20)13-5-2-1-3-6-13/h1-12H. The van der Waals surface area contributed by atoms with Gasteiger partial charge in [-0.15, -0.1) is 0 Å². The molecular formula is C18H12F2. The first kappa shape index (κ1) is 12.5. The van der Waals surface area contributed by atoms with E-state index in [1.54, 1.807) is 18.2 Å². The van der Waals surface area contributed by atoms with Crippen LogP contribution in [0.2, 0.25) is 0 Å². The van der Waals surface area contributed by atoms with Crippen molar-refractivity contribution < 1.29 is 8.78 Å². The van der Waals surface area contributed by atoms with Crippen LogP contribution in [-0.4, -0.2) is 0 Å². The topological polar surface area (TPSA) is 0 Å². The van der Waals surface area contributed by atoms with E-state index in [9.17, 15) is 8.78 Å². The van der Waals surface area contributed by atoms with E-state index in [0.29, 0.717) is 11.1 Å². The summed E-state index contributed by atoms with van der Waals surface area (Å²) in [4.78, 5) is 0. The molecule has 3 aromatic carbocycles. The minimum atomic E-state index is -0.327. The largest absolute Gasteiger partial charge is 0.207 e. The molecule has 0 amide bonds. The summed E-state index contributed by atoms with van der Waals surface area (Å²) in [7, 11) is 0. The molecule has 0 unspecified atom stereocenters. The lowest BCUT2D eigenvalue weighted by atomic mass is 9.94. The van der Waals surface area contributed by atoms with Crippen LogP contribution in [0.25, 0.3) is 22.3 Å². The molecule has 0 spiro atoms. The third-order valence-electron chi connectivity index (χ3n) is 3.23. The summed E-state index contributed by atoms with van der Waals surface area (Å²) < 4.78 is 27.3. The summed E-state index contributed by atoms with van der Waals surface area (Å²) >= 11 is 0. The fraction of sp³-hybridized carbons (Fsp3) is 0. The van der Waals surface area contributed by atoms with E-state index < -0.39 is 0 Å². The predicted molar refractivity (Wildman–Crippen MR) is 77.2 cm³/mol. The summed E-state index contributed by atoms with van der Waals surface area (Å²) in [6.45, 7) is 0. The second-order valence-corrected chi connectivity index (χ2v) is 4.54. The average Bonchev–Trinajstić information content (AvgIpc) is 2.49. The van der Waals surface area contributed by atoms with Crippen molar-refractivity contribution in [3.63, 3.8) is 0 Å². The van der Waals surface area contributed by atoms with Crippen LogP contribution >= 0.6 is 0 Å². The van der Waals surface area contributed by atoms with Gasteiger partial charge in [-0.25, -0.2) is 8.78 Å². The van der Waals surface area contributed by atoms with Crippen molar-refractivity contribution >= 4 is 0 Å². The van der Waals surface area contributed by atoms with E-state index in [-0.39, 0.29) is 11.6 Å². The summed E-state index contributed by atoms with van der Waals surface area (Å²) in [5.74, 6) is -0.635. The smallest absolute Gasteiger partial charge is 0.131 e. The summed E-state index contributed by atoms with van der Waals surface area (Å²) in [6.07, 6.45) is 0. The first-order chi connectivity index (χ1) is 9.75. The normalized spacial score (nSPS) is 10.5. The van der Waals surface area contributed by atoms with Gasteiger partial charge in [0.25, 0.3) is 0 Å². The second-order valence-electron chi connectivity index (χ2n) is 4.54. The van der Waals surface area contributed by atoms with E-state index in [0.717, 1.165) is 11.1 Å². The molecule has 0 N–H and O–H groups in total. The molecule has 0 aliphatic rings. The molecule has 3 aromatic rings. The molecule has 0 heterocycles. The quantitative estimate of drug-likeness (QED) is 0.590. The zero-order chi connectivity index (χ0) is 13.9. The molecule has 0 aromatic heterocycles. The molecule has 0 aliphatic heterocycles. The highest BCUT2D eigenvalue weighted by Crippen LogP contribution is 2.34. The maximum Gasteiger partial charge on any atom is 0.131 e. The maximum atomic E-state index is 14.2. The summed E-state index contributed by atoms with van der Waals surface area (Å²) in [5.41, 5.74) is 2.91. The lowest BCUT2D eigenvalue weighted by Gasteiger charge is -2.11. The summed E-state index contributed by atoms with van der Waals surface area (Å²) in [5, 5.41) is 0. The van der Waals surface area contributed by atoms with Gasteiger partial charge in [0, 0.05) is 5.56 Å². The van der Waals surface area contributed by atoms with E-state index in [4.69, 9.17) is 0 Å². The van der Waals surface area contributed by atoms with Crippen molar-refractivity contribution in [2.75, 3.05) is 0 Å². The number of halogens is 2. The van der Waals surface area contributed by atoms with Crippen molar-refractivity contribution in [1.82, 2.24) is 0 Å². The van der Waals surface area contributed by atoms with E-state index >= 15 is 0 Å². The van der Waals surface area contributed by atoms with Gasteiger partial charge >= 0.3 is 0 Å². The highest BCUT2D eigenvalue weighted by atomic mass is 19.1. The third kappa shape index (κ3) is 2.32. The highest BCUT2D eigenvalue weighted by Gasteiger charge is 2.12. The van der Waals surface area contributed by atoms with Crippen LogP contribution in [0.3, 0.4) is 0 Å². The Morgan fingerprint density at radius 1 is 0.550 bits per heavy atom. The third-order valence-corrected chi connectivity index (χ3v) is 3.23. The Balaban J connectivity index is 2.22. The minimum Gasteiger partial charge on any atom is -0.207 e. The summed E-state index contributed by atoms with van der Waals surface area (Å²) in [6, 6.07) is 20.5. The Hall–Kier alpha value is -2.48. The van der Waals surface area contributed by atoms with Crippen LogP contribution in [0.1, 0.15) is 0 Å². The molecule has 0 saturated carbocycles. The van der Waals surface area contributed by atoms with Crippen LogP contribution in [0, 0.1) is 11.6 Å². The van der Waals surface area contributed by atoms with Gasteiger partial charge in [-0.1, -0.05) is 54.6 Å². The maximum absolute atomic E-state index is 14.2. The van der Waals surface area contributed by atoms with Crippen LogP contribution in [0.15, 0.2) is 72.8 Å². The number of rotatable bonds is 2. The number of benzene rings is 3. The van der Waals surface area contributed by atoms with Crippen molar-refractivity contribution in [2.24, 2.45) is 0 Å². The molecular weight excluding hydrogens is 254 g/mol. The van der Waals surface area contributed by atoms with Gasteiger partial charge in [0.15, 0.2) is 0 Å². The Bertz CT molecular complexity index is 716. The number of hydrogen-bond donors (Lipinski definition) is 0. The molecule has 0 nitrogen and oxygen atoms in total. The highest BCUT2D eigenvalue weighted by molar-refractivity contribution is 5.83. The monoisotopic (exact) mass is 266 g/mol. The molecule has 0 aliphatic carbocycles. The molecule has 0 saturated heterocycles. The van der Waals surface area contributed by atoms with Crippen LogP contribution in [0.5, 0.6) is 0 Å². The van der Waals surface area contributed by atoms with Crippen LogP contribution in [-0.2, 0) is 0 Å². The van der Waals surface area contributed by atoms with Crippen molar-refractivity contribution in [1.29, 1.82) is 0 Å². The minimum absolute atomic E-state index is 0.307. The van der Waals surface area contributed by atoms with Crippen molar-refractivity contribution in [3.8, 4) is 22.3 Å². The molecule has 20 heavy (non-hydrogen) atoms. The van der Waals surface area contributed by atoms with E-state index in [1.807, 2.05) is 36.4 Å². The molecule has 98 valence electrons. The van der Waals surface area contributed by atoms with Crippen LogP contribution < -0.4 is 0 Å². The van der Waals surface area contributed by atoms with Gasteiger partial charge in [-0.3, -0.25) is 0 Å². The molecule has 2 heteroatoms. The first-order valence-electron chi connectivity index (χ1n) is 6.35. The van der Waals surface area contributed by atoms with Crippen molar-refractivity contribution in [3.05, 3.63) is 84.4 Å². The molecule has 0 fully saturated rings. The number of hydrogen-bond acceptors (Lipinski definition) is 0. The van der Waals surface area contributed by atoms with Gasteiger partial charge in [-0.05, 0) is 34.9 Å². The van der Waals surface area contributed by atoms with E-state index in [1.165, 1.54) is 18.2 Å². The Labute approximate surface area is 116 Å². The fourth-order valence-corrected chi connectivity index (χ4v) is 2.29. The van der Waals surface area contributed by atoms with E-state index in [2.05, 4.69) is 0 Å². The Kier molecular flexibility index (Phi) is 3.30. The van der Waals surface area contributed by atoms with Crippen molar-refractivity contribution in [2.45, 2.75) is 0 Å². The molecule has 0 atom stereocenters.